The first-order chi connectivity index (χ1) is 10.2. The van der Waals surface area contributed by atoms with Crippen molar-refractivity contribution in [3.05, 3.63) is 42.0 Å². The van der Waals surface area contributed by atoms with Gasteiger partial charge in [-0.2, -0.15) is 5.10 Å². The zero-order valence-electron chi connectivity index (χ0n) is 12.0. The van der Waals surface area contributed by atoms with Gasteiger partial charge in [-0.15, -0.1) is 0 Å². The summed E-state index contributed by atoms with van der Waals surface area (Å²) in [6.45, 7) is 2.91. The van der Waals surface area contributed by atoms with Crippen LogP contribution in [0.3, 0.4) is 0 Å². The number of hydrogen-bond acceptors (Lipinski definition) is 3. The molecule has 0 unspecified atom stereocenters. The maximum atomic E-state index is 5.71. The average Bonchev–Trinajstić information content (AvgIpc) is 2.47. The summed E-state index contributed by atoms with van der Waals surface area (Å²) < 4.78 is 5.71. The second-order valence-electron chi connectivity index (χ2n) is 4.70. The molecule has 0 heterocycles. The highest BCUT2D eigenvalue weighted by Crippen LogP contribution is 2.22. The van der Waals surface area contributed by atoms with Crippen molar-refractivity contribution in [1.29, 1.82) is 0 Å². The number of unbranched alkanes of at least 4 members (excludes halogenated alkanes) is 1. The molecule has 0 atom stereocenters. The van der Waals surface area contributed by atoms with Crippen LogP contribution in [0.2, 0.25) is 0 Å². The summed E-state index contributed by atoms with van der Waals surface area (Å²) in [6.07, 6.45) is 3.89. The van der Waals surface area contributed by atoms with E-state index in [-0.39, 0.29) is 5.11 Å². The SMILES string of the molecule is CCCCOc1ccc2cc(/C=N/NC(N)=S)ccc2c1. The van der Waals surface area contributed by atoms with Gasteiger partial charge in [0.25, 0.3) is 0 Å². The lowest BCUT2D eigenvalue weighted by Gasteiger charge is -2.07. The Labute approximate surface area is 130 Å². The van der Waals surface area contributed by atoms with E-state index in [9.17, 15) is 0 Å². The summed E-state index contributed by atoms with van der Waals surface area (Å²) in [4.78, 5) is 0. The van der Waals surface area contributed by atoms with Crippen molar-refractivity contribution in [2.75, 3.05) is 6.61 Å². The van der Waals surface area contributed by atoms with Gasteiger partial charge in [-0.05, 0) is 53.2 Å². The fourth-order valence-electron chi connectivity index (χ4n) is 1.92. The fourth-order valence-corrected chi connectivity index (χ4v) is 1.97. The Balaban J connectivity index is 2.11. The Bertz CT molecular complexity index is 655. The third kappa shape index (κ3) is 4.72. The topological polar surface area (TPSA) is 59.6 Å². The largest absolute Gasteiger partial charge is 0.494 e. The van der Waals surface area contributed by atoms with Crippen LogP contribution >= 0.6 is 12.2 Å². The van der Waals surface area contributed by atoms with Gasteiger partial charge in [0, 0.05) is 0 Å². The molecule has 21 heavy (non-hydrogen) atoms. The van der Waals surface area contributed by atoms with Crippen LogP contribution in [-0.2, 0) is 0 Å². The summed E-state index contributed by atoms with van der Waals surface area (Å²) in [6, 6.07) is 12.2. The molecular formula is C16H19N3OS. The van der Waals surface area contributed by atoms with Gasteiger partial charge in [-0.3, -0.25) is 5.43 Å². The van der Waals surface area contributed by atoms with Gasteiger partial charge >= 0.3 is 0 Å². The molecule has 2 aromatic carbocycles. The van der Waals surface area contributed by atoms with Crippen LogP contribution in [0.1, 0.15) is 25.3 Å². The standard InChI is InChI=1S/C16H19N3OS/c1-2-3-8-20-15-7-6-13-9-12(4-5-14(13)10-15)11-18-19-16(17)21/h4-7,9-11H,2-3,8H2,1H3,(H3,17,19,21)/b18-11+. The van der Waals surface area contributed by atoms with E-state index in [0.29, 0.717) is 0 Å². The molecule has 4 nitrogen and oxygen atoms in total. The lowest BCUT2D eigenvalue weighted by molar-refractivity contribution is 0.310. The molecule has 0 aromatic heterocycles. The Hall–Kier alpha value is -2.14. The minimum Gasteiger partial charge on any atom is -0.494 e. The van der Waals surface area contributed by atoms with E-state index >= 15 is 0 Å². The average molecular weight is 301 g/mol. The van der Waals surface area contributed by atoms with Gasteiger partial charge in [0.1, 0.15) is 5.75 Å². The van der Waals surface area contributed by atoms with Crippen molar-refractivity contribution >= 4 is 34.3 Å². The zero-order valence-corrected chi connectivity index (χ0v) is 12.8. The third-order valence-electron chi connectivity index (χ3n) is 2.99. The molecule has 0 aliphatic carbocycles. The fraction of sp³-hybridized carbons (Fsp3) is 0.250. The summed E-state index contributed by atoms with van der Waals surface area (Å²) in [5.41, 5.74) is 8.82. The number of hydrazone groups is 1. The zero-order chi connectivity index (χ0) is 15.1. The van der Waals surface area contributed by atoms with Gasteiger partial charge in [-0.1, -0.05) is 31.5 Å². The first-order valence-corrected chi connectivity index (χ1v) is 7.35. The Morgan fingerprint density at radius 1 is 1.29 bits per heavy atom. The van der Waals surface area contributed by atoms with Crippen molar-refractivity contribution in [2.24, 2.45) is 10.8 Å². The van der Waals surface area contributed by atoms with Crippen molar-refractivity contribution < 1.29 is 4.74 Å². The van der Waals surface area contributed by atoms with Gasteiger partial charge in [0.05, 0.1) is 12.8 Å². The van der Waals surface area contributed by atoms with Crippen LogP contribution in [0.5, 0.6) is 5.75 Å². The number of nitrogens with one attached hydrogen (secondary N) is 1. The number of nitrogens with two attached hydrogens (primary N) is 1. The third-order valence-corrected chi connectivity index (χ3v) is 3.08. The van der Waals surface area contributed by atoms with Crippen LogP contribution in [0.4, 0.5) is 0 Å². The highest BCUT2D eigenvalue weighted by Gasteiger charge is 1.99. The molecule has 2 aromatic rings. The molecule has 0 saturated heterocycles. The predicted molar refractivity (Wildman–Crippen MR) is 91.9 cm³/mol. The molecule has 0 saturated carbocycles. The van der Waals surface area contributed by atoms with Gasteiger partial charge < -0.3 is 10.5 Å². The van der Waals surface area contributed by atoms with Gasteiger partial charge in [0.2, 0.25) is 0 Å². The molecule has 0 radical (unpaired) electrons. The highest BCUT2D eigenvalue weighted by atomic mass is 32.1. The van der Waals surface area contributed by atoms with Crippen LogP contribution in [-0.4, -0.2) is 17.9 Å². The maximum Gasteiger partial charge on any atom is 0.184 e. The lowest BCUT2D eigenvalue weighted by Crippen LogP contribution is -2.23. The lowest BCUT2D eigenvalue weighted by atomic mass is 10.1. The number of ether oxygens (including phenoxy) is 1. The first kappa shape index (κ1) is 15.3. The monoisotopic (exact) mass is 301 g/mol. The number of nitrogens with zero attached hydrogens (tertiary/aromatic N) is 1. The smallest absolute Gasteiger partial charge is 0.184 e. The molecule has 0 amide bonds. The summed E-state index contributed by atoms with van der Waals surface area (Å²) >= 11 is 4.68. The summed E-state index contributed by atoms with van der Waals surface area (Å²) in [7, 11) is 0. The van der Waals surface area contributed by atoms with Crippen molar-refractivity contribution in [3.63, 3.8) is 0 Å². The molecule has 5 heteroatoms. The van der Waals surface area contributed by atoms with Crippen LogP contribution in [0.15, 0.2) is 41.5 Å². The quantitative estimate of drug-likeness (QED) is 0.372. The van der Waals surface area contributed by atoms with Crippen LogP contribution in [0.25, 0.3) is 10.8 Å². The van der Waals surface area contributed by atoms with Gasteiger partial charge in [-0.25, -0.2) is 0 Å². The van der Waals surface area contributed by atoms with Crippen molar-refractivity contribution in [1.82, 2.24) is 5.43 Å². The molecular weight excluding hydrogens is 282 g/mol. The van der Waals surface area contributed by atoms with Crippen molar-refractivity contribution in [2.45, 2.75) is 19.8 Å². The Kier molecular flexibility index (Phi) is 5.51. The minimum atomic E-state index is 0.154. The molecule has 0 bridgehead atoms. The molecule has 0 spiro atoms. The maximum absolute atomic E-state index is 5.71. The number of fused-ring (bicyclic) bond motifs is 1. The second-order valence-corrected chi connectivity index (χ2v) is 5.14. The number of hydrogen-bond donors (Lipinski definition) is 2. The van der Waals surface area contributed by atoms with Gasteiger partial charge in [0.15, 0.2) is 5.11 Å². The number of benzene rings is 2. The van der Waals surface area contributed by atoms with Crippen LogP contribution < -0.4 is 15.9 Å². The van der Waals surface area contributed by atoms with E-state index in [0.717, 1.165) is 41.5 Å². The summed E-state index contributed by atoms with van der Waals surface area (Å²) in [5, 5.41) is 6.38. The minimum absolute atomic E-state index is 0.154. The van der Waals surface area contributed by atoms with E-state index in [2.05, 4.69) is 47.9 Å². The van der Waals surface area contributed by atoms with E-state index in [4.69, 9.17) is 10.5 Å². The predicted octanol–water partition coefficient (Wildman–Crippen LogP) is 3.19. The number of thiocarbonyl (C=S) groups is 1. The molecule has 0 aliphatic rings. The molecule has 0 fully saturated rings. The number of rotatable bonds is 6. The molecule has 110 valence electrons. The van der Waals surface area contributed by atoms with E-state index < -0.39 is 0 Å². The first-order valence-electron chi connectivity index (χ1n) is 6.94. The highest BCUT2D eigenvalue weighted by molar-refractivity contribution is 7.80. The van der Waals surface area contributed by atoms with E-state index in [1.807, 2.05) is 18.2 Å². The van der Waals surface area contributed by atoms with E-state index in [1.54, 1.807) is 6.21 Å². The normalized spacial score (nSPS) is 10.9. The van der Waals surface area contributed by atoms with Crippen molar-refractivity contribution in [3.8, 4) is 5.75 Å². The molecule has 3 N–H and O–H groups in total. The molecule has 2 rings (SSSR count). The Morgan fingerprint density at radius 2 is 2.05 bits per heavy atom. The molecule has 0 aliphatic heterocycles. The van der Waals surface area contributed by atoms with E-state index in [1.165, 1.54) is 0 Å². The van der Waals surface area contributed by atoms with Crippen LogP contribution in [0, 0.1) is 0 Å². The Morgan fingerprint density at radius 3 is 2.81 bits per heavy atom. The summed E-state index contributed by atoms with van der Waals surface area (Å²) in [5.74, 6) is 0.910. The second kappa shape index (κ2) is 7.59.